The number of Topliss-reactive ketones (excluding diaryl/α,β-unsaturated/α-hetero) is 1. The number of aliphatic carboxylic acids is 1. The summed E-state index contributed by atoms with van der Waals surface area (Å²) >= 11 is 2.98. The molecule has 2 aromatic rings. The Labute approximate surface area is 371 Å². The van der Waals surface area contributed by atoms with Crippen molar-refractivity contribution in [2.24, 2.45) is 35.6 Å². The molecule has 1 saturated heterocycles. The van der Waals surface area contributed by atoms with Gasteiger partial charge in [-0.25, -0.2) is 4.57 Å². The Kier molecular flexibility index (Phi) is 13.3. The van der Waals surface area contributed by atoms with Gasteiger partial charge < -0.3 is 50.0 Å². The minimum Gasteiger partial charge on any atom is -0.481 e. The van der Waals surface area contributed by atoms with Crippen LogP contribution in [0.3, 0.4) is 0 Å². The van der Waals surface area contributed by atoms with Crippen LogP contribution in [0.1, 0.15) is 75.5 Å². The number of nitrogens with one attached hydrogen (secondary N) is 3. The number of aromatic nitrogens is 1. The largest absolute Gasteiger partial charge is 0.481 e. The number of phosphoric acid groups is 1. The number of aliphatic hydroxyl groups is 1. The molecule has 1 aliphatic heterocycles. The number of aliphatic hydroxyl groups excluding tert-OH is 1. The summed E-state index contributed by atoms with van der Waals surface area (Å²) in [7, 11) is -3.27. The molecular formula is C43H52BrN4O14P. The lowest BCUT2D eigenvalue weighted by atomic mass is 9.46. The van der Waals surface area contributed by atoms with E-state index in [4.69, 9.17) is 14.0 Å². The first-order valence-electron chi connectivity index (χ1n) is 20.7. The van der Waals surface area contributed by atoms with E-state index in [0.29, 0.717) is 37.1 Å². The molecule has 3 amide bonds. The third-order valence-electron chi connectivity index (χ3n) is 13.8. The molecule has 2 heterocycles. The van der Waals surface area contributed by atoms with Crippen LogP contribution in [0.4, 0.5) is 5.69 Å². The number of carboxylic acids is 1. The molecule has 0 unspecified atom stereocenters. The summed E-state index contributed by atoms with van der Waals surface area (Å²) in [5.74, 6) is -4.22. The summed E-state index contributed by atoms with van der Waals surface area (Å²) in [5.41, 5.74) is 0.154. The lowest BCUT2D eigenvalue weighted by Gasteiger charge is -2.59. The standard InChI is InChI=1S/C43H52BrN4O14P/c1-41-12-11-27(49)16-25(41)7-8-28-29-17-34-43(33(51)22-60-63(57,58)59,42(29,2)18-32(50)38(28)41)62-40(61-34)31-15-24(21-48(31)3)13-23-5-4-6-26(14-23)46-39(56)30(9-10-37(54)55)47-36(53)20-45-35(52)19-44/h4-6,11-12,14-16,21,28-30,32,34,38,40,50H,7-10,13,17-20,22H2,1-3H3,(H,45,52)(H,46,56)(H,47,53)(H,54,55)(H2,57,58,59)/t28-,29-,30-,32-,34+,38+,40+,41-,42-,43+/m0/s1. The van der Waals surface area contributed by atoms with Crippen LogP contribution in [-0.2, 0) is 60.8 Å². The Morgan fingerprint density at radius 1 is 1.11 bits per heavy atom. The van der Waals surface area contributed by atoms with Crippen molar-refractivity contribution in [3.8, 4) is 0 Å². The number of hydrogen-bond acceptors (Lipinski definition) is 11. The fourth-order valence-corrected chi connectivity index (χ4v) is 11.6. The third-order valence-corrected chi connectivity index (χ3v) is 14.8. The number of ketones is 2. The van der Waals surface area contributed by atoms with Gasteiger partial charge in [0.2, 0.25) is 24.0 Å². The van der Waals surface area contributed by atoms with E-state index in [1.807, 2.05) is 38.3 Å². The van der Waals surface area contributed by atoms with E-state index >= 15 is 0 Å². The summed E-state index contributed by atoms with van der Waals surface area (Å²) in [5, 5.41) is 28.9. The van der Waals surface area contributed by atoms with Crippen LogP contribution in [0.25, 0.3) is 0 Å². The molecule has 4 fully saturated rings. The molecule has 340 valence electrons. The molecule has 18 nitrogen and oxygen atoms in total. The average molecular weight is 960 g/mol. The first-order valence-corrected chi connectivity index (χ1v) is 23.4. The fraction of sp³-hybridized carbons (Fsp3) is 0.535. The number of amides is 3. The molecule has 0 spiro atoms. The first kappa shape index (κ1) is 46.7. The molecule has 7 N–H and O–H groups in total. The van der Waals surface area contributed by atoms with Gasteiger partial charge in [-0.2, -0.15) is 0 Å². The zero-order chi connectivity index (χ0) is 45.6. The van der Waals surface area contributed by atoms with E-state index in [1.165, 1.54) is 0 Å². The zero-order valence-electron chi connectivity index (χ0n) is 35.0. The van der Waals surface area contributed by atoms with Crippen LogP contribution >= 0.6 is 23.8 Å². The van der Waals surface area contributed by atoms with E-state index in [2.05, 4.69) is 31.9 Å². The maximum Gasteiger partial charge on any atom is 0.470 e. The number of nitrogens with zero attached hydrogens (tertiary/aromatic N) is 1. The number of rotatable bonds is 16. The highest BCUT2D eigenvalue weighted by molar-refractivity contribution is 9.09. The number of halogens is 1. The summed E-state index contributed by atoms with van der Waals surface area (Å²) < 4.78 is 31.9. The van der Waals surface area contributed by atoms with E-state index in [1.54, 1.807) is 42.0 Å². The lowest BCUT2D eigenvalue weighted by molar-refractivity contribution is -0.201. The van der Waals surface area contributed by atoms with Gasteiger partial charge in [0.15, 0.2) is 17.2 Å². The Morgan fingerprint density at radius 2 is 1.87 bits per heavy atom. The van der Waals surface area contributed by atoms with E-state index in [-0.39, 0.29) is 41.7 Å². The second kappa shape index (κ2) is 17.9. The topological polar surface area (TPSA) is 269 Å². The van der Waals surface area contributed by atoms with Gasteiger partial charge >= 0.3 is 13.8 Å². The molecule has 1 aromatic heterocycles. The first-order chi connectivity index (χ1) is 29.7. The quantitative estimate of drug-likeness (QED) is 0.0942. The van der Waals surface area contributed by atoms with Gasteiger partial charge in [-0.15, -0.1) is 0 Å². The van der Waals surface area contributed by atoms with E-state index in [9.17, 15) is 53.3 Å². The van der Waals surface area contributed by atoms with Crippen molar-refractivity contribution < 1.29 is 67.3 Å². The molecule has 0 radical (unpaired) electrons. The minimum absolute atomic E-state index is 0.0238. The van der Waals surface area contributed by atoms with E-state index < -0.39 is 97.8 Å². The zero-order valence-corrected chi connectivity index (χ0v) is 37.4. The maximum absolute atomic E-state index is 14.5. The van der Waals surface area contributed by atoms with Gasteiger partial charge in [-0.1, -0.05) is 53.6 Å². The Hall–Kier alpha value is -4.33. The Balaban J connectivity index is 1.09. The van der Waals surface area contributed by atoms with Crippen molar-refractivity contribution in [2.45, 2.75) is 88.9 Å². The second-order valence-electron chi connectivity index (χ2n) is 17.7. The van der Waals surface area contributed by atoms with Crippen LogP contribution in [0.5, 0.6) is 0 Å². The normalized spacial score (nSPS) is 31.2. The van der Waals surface area contributed by atoms with Gasteiger partial charge in [0.25, 0.3) is 0 Å². The number of anilines is 1. The lowest BCUT2D eigenvalue weighted by Crippen LogP contribution is -2.63. The predicted octanol–water partition coefficient (Wildman–Crippen LogP) is 3.13. The Bertz CT molecular complexity index is 2310. The molecule has 1 aromatic carbocycles. The highest BCUT2D eigenvalue weighted by Crippen LogP contribution is 2.70. The number of aryl methyl sites for hydroxylation is 1. The van der Waals surface area contributed by atoms with Crippen molar-refractivity contribution >= 4 is 64.7 Å². The van der Waals surface area contributed by atoms with E-state index in [0.717, 1.165) is 16.7 Å². The number of alkyl halides is 1. The molecule has 5 aliphatic rings. The highest BCUT2D eigenvalue weighted by Gasteiger charge is 2.76. The van der Waals surface area contributed by atoms with Crippen LogP contribution < -0.4 is 16.0 Å². The Morgan fingerprint density at radius 3 is 2.59 bits per heavy atom. The minimum atomic E-state index is -5.06. The molecular weight excluding hydrogens is 907 g/mol. The predicted molar refractivity (Wildman–Crippen MR) is 227 cm³/mol. The molecule has 4 aliphatic carbocycles. The highest BCUT2D eigenvalue weighted by atomic mass is 79.9. The van der Waals surface area contributed by atoms with Crippen molar-refractivity contribution in [1.82, 2.24) is 15.2 Å². The smallest absolute Gasteiger partial charge is 0.470 e. The van der Waals surface area contributed by atoms with Crippen molar-refractivity contribution in [3.63, 3.8) is 0 Å². The molecule has 63 heavy (non-hydrogen) atoms. The van der Waals surface area contributed by atoms with Crippen LogP contribution in [0.2, 0.25) is 0 Å². The van der Waals surface area contributed by atoms with Gasteiger partial charge in [-0.3, -0.25) is 33.3 Å². The van der Waals surface area contributed by atoms with Crippen molar-refractivity contribution in [2.75, 3.05) is 23.8 Å². The number of carbonyl (C=O) groups is 6. The summed E-state index contributed by atoms with van der Waals surface area (Å²) in [6.07, 6.45) is 5.70. The van der Waals surface area contributed by atoms with Gasteiger partial charge in [0.1, 0.15) is 12.6 Å². The second-order valence-corrected chi connectivity index (χ2v) is 19.5. The van der Waals surface area contributed by atoms with Crippen LogP contribution in [0.15, 0.2) is 60.3 Å². The number of benzene rings is 1. The van der Waals surface area contributed by atoms with Crippen molar-refractivity contribution in [3.05, 3.63) is 77.2 Å². The molecule has 7 rings (SSSR count). The molecule has 3 saturated carbocycles. The summed E-state index contributed by atoms with van der Waals surface area (Å²) in [6.45, 7) is 2.59. The average Bonchev–Trinajstić information content (AvgIpc) is 3.85. The number of phosphoric ester groups is 1. The maximum atomic E-state index is 14.5. The van der Waals surface area contributed by atoms with Gasteiger partial charge in [-0.05, 0) is 91.8 Å². The molecule has 10 atom stereocenters. The van der Waals surface area contributed by atoms with Crippen LogP contribution in [-0.4, -0.2) is 102 Å². The SMILES string of the molecule is Cn1cc(Cc2cccc(NC(=O)[C@H](CCC(=O)O)NC(=O)CNC(=O)CBr)c2)cc1[C@@H]1O[C@@H]2C[C@H]3[C@@H]4CCC5=CC(=O)C=C[C@]5(C)[C@H]4[C@@H](O)C[C@]3(C)[C@]2(C(=O)COP(=O)(O)O)O1. The van der Waals surface area contributed by atoms with Crippen LogP contribution in [0, 0.1) is 28.6 Å². The van der Waals surface area contributed by atoms with Crippen molar-refractivity contribution in [1.29, 1.82) is 0 Å². The molecule has 20 heteroatoms. The summed E-state index contributed by atoms with van der Waals surface area (Å²) in [4.78, 5) is 94.7. The van der Waals surface area contributed by atoms with Gasteiger partial charge in [0.05, 0.1) is 29.8 Å². The number of hydrogen-bond donors (Lipinski definition) is 7. The number of allylic oxidation sites excluding steroid dienone is 4. The monoisotopic (exact) mass is 958 g/mol. The number of carboxylic acid groups (broad SMARTS) is 1. The molecule has 0 bridgehead atoms. The summed E-state index contributed by atoms with van der Waals surface area (Å²) in [6, 6.07) is 7.59. The fourth-order valence-electron chi connectivity index (χ4n) is 11.2. The number of ether oxygens (including phenoxy) is 2. The van der Waals surface area contributed by atoms with Gasteiger partial charge in [0, 0.05) is 42.1 Å². The third kappa shape index (κ3) is 9.16. The number of fused-ring (bicyclic) bond motifs is 7. The number of carbonyl (C=O) groups excluding carboxylic acids is 5.